The highest BCUT2D eigenvalue weighted by atomic mass is 15.1. The van der Waals surface area contributed by atoms with Crippen LogP contribution in [-0.2, 0) is 0 Å². The van der Waals surface area contributed by atoms with Gasteiger partial charge in [-0.15, -0.1) is 0 Å². The first-order valence-electron chi connectivity index (χ1n) is 7.18. The molecule has 2 nitrogen and oxygen atoms in total. The Balaban J connectivity index is 1.53. The van der Waals surface area contributed by atoms with Crippen LogP contribution in [0.4, 0.5) is 0 Å². The fourth-order valence-electron chi connectivity index (χ4n) is 4.32. The van der Waals surface area contributed by atoms with Crippen LogP contribution in [-0.4, -0.2) is 31.1 Å². The van der Waals surface area contributed by atoms with Crippen LogP contribution in [0.25, 0.3) is 0 Å². The molecule has 0 aromatic carbocycles. The zero-order valence-electron chi connectivity index (χ0n) is 10.6. The van der Waals surface area contributed by atoms with E-state index in [-0.39, 0.29) is 0 Å². The summed E-state index contributed by atoms with van der Waals surface area (Å²) >= 11 is 0. The summed E-state index contributed by atoms with van der Waals surface area (Å²) in [4.78, 5) is 2.59. The van der Waals surface area contributed by atoms with E-state index in [1.807, 2.05) is 0 Å². The Morgan fingerprint density at radius 2 is 2.00 bits per heavy atom. The Morgan fingerprint density at radius 1 is 1.19 bits per heavy atom. The van der Waals surface area contributed by atoms with Gasteiger partial charge in [-0.1, -0.05) is 6.42 Å². The zero-order valence-corrected chi connectivity index (χ0v) is 10.6. The summed E-state index contributed by atoms with van der Waals surface area (Å²) in [7, 11) is 2.31. The highest BCUT2D eigenvalue weighted by Crippen LogP contribution is 2.48. The van der Waals surface area contributed by atoms with Crippen LogP contribution in [0.3, 0.4) is 0 Å². The van der Waals surface area contributed by atoms with Gasteiger partial charge in [0.05, 0.1) is 0 Å². The number of nitrogens with two attached hydrogens (primary N) is 1. The largest absolute Gasteiger partial charge is 0.329 e. The van der Waals surface area contributed by atoms with Gasteiger partial charge in [-0.05, 0) is 62.8 Å². The van der Waals surface area contributed by atoms with Crippen molar-refractivity contribution in [2.75, 3.05) is 20.1 Å². The van der Waals surface area contributed by atoms with Crippen molar-refractivity contribution in [1.82, 2.24) is 4.90 Å². The highest BCUT2D eigenvalue weighted by Gasteiger charge is 2.41. The number of rotatable bonds is 5. The lowest BCUT2D eigenvalue weighted by molar-refractivity contribution is 0.162. The molecular formula is C14H26N2. The molecule has 0 aliphatic heterocycles. The van der Waals surface area contributed by atoms with Gasteiger partial charge < -0.3 is 10.6 Å². The summed E-state index contributed by atoms with van der Waals surface area (Å²) in [5, 5.41) is 0. The van der Waals surface area contributed by atoms with Crippen molar-refractivity contribution >= 4 is 0 Å². The molecule has 16 heavy (non-hydrogen) atoms. The van der Waals surface area contributed by atoms with E-state index in [1.54, 1.807) is 0 Å². The molecule has 3 rings (SSSR count). The molecule has 0 amide bonds. The van der Waals surface area contributed by atoms with Crippen LogP contribution in [0.2, 0.25) is 0 Å². The van der Waals surface area contributed by atoms with Crippen LogP contribution in [0.1, 0.15) is 38.5 Å². The predicted octanol–water partition coefficient (Wildman–Crippen LogP) is 2.09. The Labute approximate surface area is 99.6 Å². The second kappa shape index (κ2) is 4.30. The molecule has 0 heterocycles. The second-order valence-corrected chi connectivity index (χ2v) is 6.51. The Hall–Kier alpha value is -0.0800. The van der Waals surface area contributed by atoms with Gasteiger partial charge in [-0.2, -0.15) is 0 Å². The van der Waals surface area contributed by atoms with Crippen molar-refractivity contribution in [2.24, 2.45) is 29.4 Å². The molecule has 0 saturated heterocycles. The van der Waals surface area contributed by atoms with Gasteiger partial charge in [-0.3, -0.25) is 0 Å². The Morgan fingerprint density at radius 3 is 2.50 bits per heavy atom. The normalized spacial score (nSPS) is 39.6. The van der Waals surface area contributed by atoms with E-state index in [1.165, 1.54) is 45.1 Å². The van der Waals surface area contributed by atoms with Crippen LogP contribution in [0.15, 0.2) is 0 Å². The van der Waals surface area contributed by atoms with E-state index in [2.05, 4.69) is 11.9 Å². The molecular weight excluding hydrogens is 196 g/mol. The molecule has 4 unspecified atom stereocenters. The van der Waals surface area contributed by atoms with Gasteiger partial charge in [0.15, 0.2) is 0 Å². The molecule has 0 radical (unpaired) electrons. The smallest absolute Gasteiger partial charge is 0.0243 e. The minimum absolute atomic E-state index is 0.680. The highest BCUT2D eigenvalue weighted by molar-refractivity contribution is 4.93. The summed E-state index contributed by atoms with van der Waals surface area (Å²) in [6.45, 7) is 2.18. The second-order valence-electron chi connectivity index (χ2n) is 6.51. The van der Waals surface area contributed by atoms with E-state index < -0.39 is 0 Å². The predicted molar refractivity (Wildman–Crippen MR) is 67.1 cm³/mol. The number of fused-ring (bicyclic) bond motifs is 2. The van der Waals surface area contributed by atoms with Crippen LogP contribution < -0.4 is 5.73 Å². The molecule has 2 bridgehead atoms. The lowest BCUT2D eigenvalue weighted by Crippen LogP contribution is -2.42. The summed E-state index contributed by atoms with van der Waals surface area (Å²) < 4.78 is 0. The molecule has 2 N–H and O–H groups in total. The zero-order chi connectivity index (χ0) is 11.1. The van der Waals surface area contributed by atoms with Gasteiger partial charge in [0, 0.05) is 19.1 Å². The van der Waals surface area contributed by atoms with E-state index in [4.69, 9.17) is 5.73 Å². The topological polar surface area (TPSA) is 29.3 Å². The number of nitrogens with zero attached hydrogens (tertiary/aromatic N) is 1. The van der Waals surface area contributed by atoms with Crippen LogP contribution in [0, 0.1) is 23.7 Å². The summed E-state index contributed by atoms with van der Waals surface area (Å²) in [6.07, 6.45) is 8.92. The maximum absolute atomic E-state index is 5.92. The summed E-state index contributed by atoms with van der Waals surface area (Å²) in [6, 6.07) is 0.680. The van der Waals surface area contributed by atoms with E-state index in [9.17, 15) is 0 Å². The molecule has 0 aromatic rings. The van der Waals surface area contributed by atoms with Crippen LogP contribution >= 0.6 is 0 Å². The minimum Gasteiger partial charge on any atom is -0.329 e. The molecule has 2 heteroatoms. The number of hydrogen-bond donors (Lipinski definition) is 1. The van der Waals surface area contributed by atoms with Crippen molar-refractivity contribution in [3.63, 3.8) is 0 Å². The third-order valence-corrected chi connectivity index (χ3v) is 5.38. The molecule has 3 aliphatic carbocycles. The molecule has 92 valence electrons. The van der Waals surface area contributed by atoms with Gasteiger partial charge in [0.2, 0.25) is 0 Å². The minimum atomic E-state index is 0.680. The summed E-state index contributed by atoms with van der Waals surface area (Å²) in [5.74, 6) is 4.07. The average molecular weight is 222 g/mol. The third-order valence-electron chi connectivity index (χ3n) is 5.38. The van der Waals surface area contributed by atoms with E-state index in [0.717, 1.165) is 30.2 Å². The average Bonchev–Trinajstić information content (AvgIpc) is 2.89. The molecule has 3 fully saturated rings. The van der Waals surface area contributed by atoms with Gasteiger partial charge in [-0.25, -0.2) is 0 Å². The summed E-state index contributed by atoms with van der Waals surface area (Å²) in [5.41, 5.74) is 5.92. The molecule has 3 saturated carbocycles. The fraction of sp³-hybridized carbons (Fsp3) is 1.00. The van der Waals surface area contributed by atoms with Crippen molar-refractivity contribution in [2.45, 2.75) is 44.6 Å². The standard InChI is InChI=1S/C14H26N2/c1-16(14(8-15)11-4-5-11)9-13-7-10-2-3-12(13)6-10/h10-14H,2-9,15H2,1H3. The first kappa shape index (κ1) is 11.0. The van der Waals surface area contributed by atoms with Gasteiger partial charge >= 0.3 is 0 Å². The van der Waals surface area contributed by atoms with Crippen molar-refractivity contribution in [3.8, 4) is 0 Å². The van der Waals surface area contributed by atoms with Crippen molar-refractivity contribution < 1.29 is 0 Å². The number of hydrogen-bond acceptors (Lipinski definition) is 2. The SMILES string of the molecule is CN(CC1CC2CCC1C2)C(CN)C1CC1. The quantitative estimate of drug-likeness (QED) is 0.772. The van der Waals surface area contributed by atoms with Crippen molar-refractivity contribution in [3.05, 3.63) is 0 Å². The van der Waals surface area contributed by atoms with E-state index >= 15 is 0 Å². The molecule has 0 spiro atoms. The maximum Gasteiger partial charge on any atom is 0.0243 e. The van der Waals surface area contributed by atoms with Crippen LogP contribution in [0.5, 0.6) is 0 Å². The fourth-order valence-corrected chi connectivity index (χ4v) is 4.32. The Kier molecular flexibility index (Phi) is 2.97. The molecule has 4 atom stereocenters. The van der Waals surface area contributed by atoms with E-state index in [0.29, 0.717) is 6.04 Å². The molecule has 3 aliphatic rings. The van der Waals surface area contributed by atoms with Gasteiger partial charge in [0.1, 0.15) is 0 Å². The van der Waals surface area contributed by atoms with Gasteiger partial charge in [0.25, 0.3) is 0 Å². The first-order chi connectivity index (χ1) is 7.78. The number of likely N-dealkylation sites (N-methyl/N-ethyl adjacent to an activating group) is 1. The lowest BCUT2D eigenvalue weighted by Gasteiger charge is -2.32. The monoisotopic (exact) mass is 222 g/mol. The lowest BCUT2D eigenvalue weighted by atomic mass is 9.88. The maximum atomic E-state index is 5.92. The first-order valence-corrected chi connectivity index (χ1v) is 7.18. The molecule has 0 aromatic heterocycles. The van der Waals surface area contributed by atoms with Crippen molar-refractivity contribution in [1.29, 1.82) is 0 Å². The third kappa shape index (κ3) is 2.02. The Bertz CT molecular complexity index is 249.